The molecule has 0 aliphatic rings. The number of thiophene rings is 1. The van der Waals surface area contributed by atoms with E-state index in [-0.39, 0.29) is 10.8 Å². The number of nitrogens with two attached hydrogens (primary N) is 1. The van der Waals surface area contributed by atoms with Crippen molar-refractivity contribution >= 4 is 49.8 Å². The lowest BCUT2D eigenvalue weighted by atomic mass is 10.2. The molecule has 0 unspecified atom stereocenters. The highest BCUT2D eigenvalue weighted by Crippen LogP contribution is 2.26. The van der Waals surface area contributed by atoms with Crippen LogP contribution in [0.3, 0.4) is 0 Å². The number of pyridine rings is 1. The molecule has 10 heteroatoms. The fraction of sp³-hybridized carbons (Fsp3) is 0.333. The van der Waals surface area contributed by atoms with Crippen molar-refractivity contribution in [3.05, 3.63) is 33.6 Å². The van der Waals surface area contributed by atoms with E-state index in [0.717, 1.165) is 33.9 Å². The van der Waals surface area contributed by atoms with Gasteiger partial charge in [0, 0.05) is 18.8 Å². The lowest BCUT2D eigenvalue weighted by molar-refractivity contribution is 0.574. The molecule has 3 rings (SSSR count). The first-order valence-electron chi connectivity index (χ1n) is 7.55. The summed E-state index contributed by atoms with van der Waals surface area (Å²) in [5.41, 5.74) is 9.33. The van der Waals surface area contributed by atoms with Gasteiger partial charge in [-0.3, -0.25) is 0 Å². The third-order valence-corrected chi connectivity index (χ3v) is 7.21. The molecule has 0 fully saturated rings. The first kappa shape index (κ1) is 18.1. The lowest BCUT2D eigenvalue weighted by Gasteiger charge is -2.11. The van der Waals surface area contributed by atoms with Gasteiger partial charge in [0.15, 0.2) is 5.82 Å². The minimum absolute atomic E-state index is 0.199. The number of fused-ring (bicyclic) bond motifs is 1. The summed E-state index contributed by atoms with van der Waals surface area (Å²) < 4.78 is 29.8. The zero-order valence-electron chi connectivity index (χ0n) is 14.0. The smallest absolute Gasteiger partial charge is 0.250 e. The predicted octanol–water partition coefficient (Wildman–Crippen LogP) is 2.63. The Morgan fingerprint density at radius 1 is 1.28 bits per heavy atom. The van der Waals surface area contributed by atoms with E-state index in [4.69, 9.17) is 17.3 Å². The van der Waals surface area contributed by atoms with Crippen LogP contribution in [0.1, 0.15) is 17.1 Å². The van der Waals surface area contributed by atoms with Crippen molar-refractivity contribution in [1.29, 1.82) is 0 Å². The van der Waals surface area contributed by atoms with Crippen molar-refractivity contribution in [2.24, 2.45) is 0 Å². The van der Waals surface area contributed by atoms with Crippen LogP contribution >= 0.6 is 22.9 Å². The van der Waals surface area contributed by atoms with Crippen LogP contribution in [0.2, 0.25) is 4.34 Å². The van der Waals surface area contributed by atoms with Gasteiger partial charge in [0.25, 0.3) is 0 Å². The number of anilines is 1. The van der Waals surface area contributed by atoms with Crippen molar-refractivity contribution in [2.75, 3.05) is 12.3 Å². The standard InChI is InChI=1S/C15H18ClN5O2S2/c1-8-9(2)19-15(17)13-14(8)21(10(3)20-13)7-6-18-25(22,23)12-5-4-11(16)24-12/h4-5,18H,6-7H2,1-3H3,(H2,17,19). The summed E-state index contributed by atoms with van der Waals surface area (Å²) >= 11 is 6.84. The van der Waals surface area contributed by atoms with Gasteiger partial charge in [-0.25, -0.2) is 23.1 Å². The summed E-state index contributed by atoms with van der Waals surface area (Å²) in [7, 11) is -3.57. The number of aromatic nitrogens is 3. The number of sulfonamides is 1. The minimum Gasteiger partial charge on any atom is -0.382 e. The van der Waals surface area contributed by atoms with E-state index < -0.39 is 10.0 Å². The third-order valence-electron chi connectivity index (χ3n) is 4.03. The second-order valence-corrected chi connectivity index (χ2v) is 9.38. The molecule has 0 aliphatic heterocycles. The van der Waals surface area contributed by atoms with E-state index in [0.29, 0.717) is 22.2 Å². The monoisotopic (exact) mass is 399 g/mol. The van der Waals surface area contributed by atoms with Crippen LogP contribution in [0.25, 0.3) is 11.0 Å². The molecule has 3 N–H and O–H groups in total. The molecule has 0 spiro atoms. The molecule has 3 aromatic rings. The SMILES string of the molecule is Cc1nc(N)c2nc(C)n(CCNS(=O)(=O)c3ccc(Cl)s3)c2c1C. The second-order valence-electron chi connectivity index (χ2n) is 5.67. The molecule has 7 nitrogen and oxygen atoms in total. The maximum Gasteiger partial charge on any atom is 0.250 e. The van der Waals surface area contributed by atoms with E-state index >= 15 is 0 Å². The van der Waals surface area contributed by atoms with Gasteiger partial charge in [-0.1, -0.05) is 11.6 Å². The first-order valence-corrected chi connectivity index (χ1v) is 10.2. The zero-order valence-corrected chi connectivity index (χ0v) is 16.4. The minimum atomic E-state index is -3.57. The van der Waals surface area contributed by atoms with Crippen LogP contribution in [-0.2, 0) is 16.6 Å². The molecule has 0 saturated carbocycles. The van der Waals surface area contributed by atoms with Crippen molar-refractivity contribution in [3.8, 4) is 0 Å². The number of nitrogen functional groups attached to an aromatic ring is 1. The third kappa shape index (κ3) is 3.37. The maximum absolute atomic E-state index is 12.3. The average Bonchev–Trinajstić information content (AvgIpc) is 3.10. The van der Waals surface area contributed by atoms with Crippen molar-refractivity contribution < 1.29 is 8.42 Å². The molecule has 25 heavy (non-hydrogen) atoms. The van der Waals surface area contributed by atoms with Crippen LogP contribution in [-0.4, -0.2) is 29.5 Å². The summed E-state index contributed by atoms with van der Waals surface area (Å²) in [5.74, 6) is 1.14. The summed E-state index contributed by atoms with van der Waals surface area (Å²) in [6, 6.07) is 3.06. The molecule has 0 amide bonds. The molecule has 0 atom stereocenters. The molecule has 3 aromatic heterocycles. The normalized spacial score (nSPS) is 12.2. The van der Waals surface area contributed by atoms with E-state index in [2.05, 4.69) is 14.7 Å². The molecule has 3 heterocycles. The van der Waals surface area contributed by atoms with Crippen LogP contribution in [0.15, 0.2) is 16.3 Å². The van der Waals surface area contributed by atoms with Crippen molar-refractivity contribution in [3.63, 3.8) is 0 Å². The van der Waals surface area contributed by atoms with Gasteiger partial charge in [-0.2, -0.15) is 0 Å². The van der Waals surface area contributed by atoms with E-state index in [9.17, 15) is 8.42 Å². The van der Waals surface area contributed by atoms with Crippen LogP contribution in [0.5, 0.6) is 0 Å². The summed E-state index contributed by atoms with van der Waals surface area (Å²) in [5, 5.41) is 0. The molecule has 0 saturated heterocycles. The summed E-state index contributed by atoms with van der Waals surface area (Å²) in [4.78, 5) is 8.77. The number of aryl methyl sites for hydroxylation is 3. The average molecular weight is 400 g/mol. The number of imidazole rings is 1. The van der Waals surface area contributed by atoms with E-state index in [1.165, 1.54) is 6.07 Å². The van der Waals surface area contributed by atoms with Gasteiger partial charge in [0.2, 0.25) is 10.0 Å². The molecule has 134 valence electrons. The fourth-order valence-corrected chi connectivity index (χ4v) is 5.24. The Morgan fingerprint density at radius 3 is 2.64 bits per heavy atom. The highest BCUT2D eigenvalue weighted by atomic mass is 35.5. The second kappa shape index (κ2) is 6.56. The van der Waals surface area contributed by atoms with Gasteiger partial charge in [-0.05, 0) is 38.5 Å². The largest absolute Gasteiger partial charge is 0.382 e. The van der Waals surface area contributed by atoms with Gasteiger partial charge >= 0.3 is 0 Å². The number of nitrogens with zero attached hydrogens (tertiary/aromatic N) is 3. The molecule has 0 aromatic carbocycles. The van der Waals surface area contributed by atoms with Crippen LogP contribution in [0, 0.1) is 20.8 Å². The van der Waals surface area contributed by atoms with Gasteiger partial charge in [0.05, 0.1) is 9.85 Å². The number of rotatable bonds is 5. The first-order chi connectivity index (χ1) is 11.7. The van der Waals surface area contributed by atoms with Gasteiger partial charge in [-0.15, -0.1) is 11.3 Å². The fourth-order valence-electron chi connectivity index (χ4n) is 2.69. The maximum atomic E-state index is 12.3. The van der Waals surface area contributed by atoms with Crippen LogP contribution < -0.4 is 10.5 Å². The Bertz CT molecular complexity index is 1060. The summed E-state index contributed by atoms with van der Waals surface area (Å²) in [6.45, 7) is 6.37. The molecule has 0 aliphatic carbocycles. The van der Waals surface area contributed by atoms with Gasteiger partial charge in [0.1, 0.15) is 15.6 Å². The highest BCUT2D eigenvalue weighted by Gasteiger charge is 2.18. The lowest BCUT2D eigenvalue weighted by Crippen LogP contribution is -2.27. The molecular formula is C15H18ClN5O2S2. The topological polar surface area (TPSA) is 103 Å². The Balaban J connectivity index is 1.86. The van der Waals surface area contributed by atoms with Crippen LogP contribution in [0.4, 0.5) is 5.82 Å². The van der Waals surface area contributed by atoms with E-state index in [1.54, 1.807) is 6.07 Å². The summed E-state index contributed by atoms with van der Waals surface area (Å²) in [6.07, 6.45) is 0. The van der Waals surface area contributed by atoms with Crippen molar-refractivity contribution in [1.82, 2.24) is 19.3 Å². The zero-order chi connectivity index (χ0) is 18.4. The Kier molecular flexibility index (Phi) is 4.76. The highest BCUT2D eigenvalue weighted by molar-refractivity contribution is 7.91. The molecular weight excluding hydrogens is 382 g/mol. The molecule has 0 bridgehead atoms. The molecule has 0 radical (unpaired) electrons. The van der Waals surface area contributed by atoms with Crippen molar-refractivity contribution in [2.45, 2.75) is 31.5 Å². The Hall–Kier alpha value is -1.68. The van der Waals surface area contributed by atoms with Gasteiger partial charge < -0.3 is 10.3 Å². The predicted molar refractivity (Wildman–Crippen MR) is 101 cm³/mol. The number of halogens is 1. The number of hydrogen-bond acceptors (Lipinski definition) is 6. The number of nitrogens with one attached hydrogen (secondary N) is 1. The Morgan fingerprint density at radius 2 is 2.00 bits per heavy atom. The quantitative estimate of drug-likeness (QED) is 0.686. The number of hydrogen-bond donors (Lipinski definition) is 2. The Labute approximate surface area is 154 Å². The van der Waals surface area contributed by atoms with E-state index in [1.807, 2.05) is 25.3 Å².